The number of terminal acetylenes is 1. The molecule has 0 unspecified atom stereocenters. The molecule has 24 heavy (non-hydrogen) atoms. The summed E-state index contributed by atoms with van der Waals surface area (Å²) in [6.45, 7) is 2.12. The van der Waals surface area contributed by atoms with Gasteiger partial charge >= 0.3 is 0 Å². The van der Waals surface area contributed by atoms with Crippen LogP contribution in [0.2, 0.25) is 0 Å². The fourth-order valence-electron chi connectivity index (χ4n) is 2.66. The van der Waals surface area contributed by atoms with Gasteiger partial charge in [-0.3, -0.25) is 4.79 Å². The molecule has 2 aromatic rings. The highest BCUT2D eigenvalue weighted by molar-refractivity contribution is 5.82. The second kappa shape index (κ2) is 6.44. The van der Waals surface area contributed by atoms with Crippen LogP contribution in [0.4, 0.5) is 4.39 Å². The second-order valence-corrected chi connectivity index (χ2v) is 5.95. The first kappa shape index (κ1) is 16.2. The molecular formula is C18H18FN3O2. The van der Waals surface area contributed by atoms with Gasteiger partial charge in [-0.1, -0.05) is 0 Å². The number of halogens is 1. The van der Waals surface area contributed by atoms with E-state index in [0.717, 1.165) is 10.9 Å². The largest absolute Gasteiger partial charge is 0.459 e. The minimum Gasteiger partial charge on any atom is -0.459 e. The number of amides is 1. The smallest absolute Gasteiger partial charge is 0.220 e. The lowest BCUT2D eigenvalue weighted by Gasteiger charge is -2.08. The SMILES string of the molecule is C#CCCC1(CCC(=O)NCc2oc3ccc(F)cc3c2C)N=N1. The zero-order valence-electron chi connectivity index (χ0n) is 13.4. The number of furan rings is 1. The van der Waals surface area contributed by atoms with E-state index in [1.807, 2.05) is 6.92 Å². The molecule has 5 nitrogen and oxygen atoms in total. The summed E-state index contributed by atoms with van der Waals surface area (Å²) in [6.07, 6.45) is 7.41. The monoisotopic (exact) mass is 327 g/mol. The molecule has 0 saturated carbocycles. The van der Waals surface area contributed by atoms with Crippen LogP contribution in [0.25, 0.3) is 11.0 Å². The minimum atomic E-state index is -0.448. The Morgan fingerprint density at radius 2 is 2.21 bits per heavy atom. The molecule has 1 aromatic heterocycles. The van der Waals surface area contributed by atoms with E-state index in [-0.39, 0.29) is 18.3 Å². The average molecular weight is 327 g/mol. The molecule has 1 aliphatic rings. The zero-order chi connectivity index (χ0) is 17.2. The normalized spacial score (nSPS) is 14.5. The van der Waals surface area contributed by atoms with Crippen LogP contribution < -0.4 is 5.32 Å². The number of fused-ring (bicyclic) bond motifs is 1. The van der Waals surface area contributed by atoms with Gasteiger partial charge < -0.3 is 9.73 Å². The molecule has 0 saturated heterocycles. The molecule has 2 heterocycles. The Hall–Kier alpha value is -2.68. The van der Waals surface area contributed by atoms with E-state index < -0.39 is 5.66 Å². The van der Waals surface area contributed by atoms with Crippen molar-refractivity contribution in [3.8, 4) is 12.3 Å². The van der Waals surface area contributed by atoms with E-state index in [2.05, 4.69) is 21.5 Å². The zero-order valence-corrected chi connectivity index (χ0v) is 13.4. The summed E-state index contributed by atoms with van der Waals surface area (Å²) in [7, 11) is 0. The van der Waals surface area contributed by atoms with Gasteiger partial charge in [0.25, 0.3) is 0 Å². The quantitative estimate of drug-likeness (QED) is 0.785. The second-order valence-electron chi connectivity index (χ2n) is 5.95. The van der Waals surface area contributed by atoms with Crippen molar-refractivity contribution in [2.45, 2.75) is 44.8 Å². The molecule has 124 valence electrons. The van der Waals surface area contributed by atoms with Crippen molar-refractivity contribution >= 4 is 16.9 Å². The summed E-state index contributed by atoms with van der Waals surface area (Å²) in [6, 6.07) is 4.38. The summed E-state index contributed by atoms with van der Waals surface area (Å²) < 4.78 is 19.0. The van der Waals surface area contributed by atoms with Crippen molar-refractivity contribution in [2.75, 3.05) is 0 Å². The lowest BCUT2D eigenvalue weighted by molar-refractivity contribution is -0.121. The molecular weight excluding hydrogens is 309 g/mol. The van der Waals surface area contributed by atoms with Gasteiger partial charge in [-0.05, 0) is 25.1 Å². The van der Waals surface area contributed by atoms with Crippen molar-refractivity contribution in [1.82, 2.24) is 5.32 Å². The topological polar surface area (TPSA) is 67.0 Å². The number of nitrogens with zero attached hydrogens (tertiary/aromatic N) is 2. The molecule has 1 N–H and O–H groups in total. The Labute approximate surface area is 139 Å². The van der Waals surface area contributed by atoms with Gasteiger partial charge in [0.1, 0.15) is 17.2 Å². The Morgan fingerprint density at radius 3 is 2.92 bits per heavy atom. The summed E-state index contributed by atoms with van der Waals surface area (Å²) in [5.41, 5.74) is 1.00. The van der Waals surface area contributed by atoms with Gasteiger partial charge in [-0.15, -0.1) is 12.3 Å². The van der Waals surface area contributed by atoms with Gasteiger partial charge in [0.15, 0.2) is 5.66 Å². The molecule has 0 atom stereocenters. The maximum Gasteiger partial charge on any atom is 0.220 e. The number of benzene rings is 1. The number of carbonyl (C=O) groups excluding carboxylic acids is 1. The van der Waals surface area contributed by atoms with E-state index in [1.165, 1.54) is 12.1 Å². The number of hydrogen-bond donors (Lipinski definition) is 1. The van der Waals surface area contributed by atoms with Crippen molar-refractivity contribution in [2.24, 2.45) is 10.2 Å². The van der Waals surface area contributed by atoms with Crippen LogP contribution in [-0.2, 0) is 11.3 Å². The van der Waals surface area contributed by atoms with Crippen LogP contribution in [-0.4, -0.2) is 11.6 Å². The van der Waals surface area contributed by atoms with Crippen molar-refractivity contribution < 1.29 is 13.6 Å². The predicted octanol–water partition coefficient (Wildman–Crippen LogP) is 3.85. The van der Waals surface area contributed by atoms with Gasteiger partial charge in [0.05, 0.1) is 6.54 Å². The first-order valence-corrected chi connectivity index (χ1v) is 7.85. The average Bonchev–Trinajstić information content (AvgIpc) is 3.29. The lowest BCUT2D eigenvalue weighted by Crippen LogP contribution is -2.24. The Balaban J connectivity index is 1.53. The number of hydrogen-bond acceptors (Lipinski definition) is 4. The molecule has 0 aliphatic carbocycles. The van der Waals surface area contributed by atoms with Crippen LogP contribution in [0.5, 0.6) is 0 Å². The molecule has 0 radical (unpaired) electrons. The van der Waals surface area contributed by atoms with Gasteiger partial charge in [0, 0.05) is 36.6 Å². The standard InChI is InChI=1S/C18H18FN3O2/c1-3-4-8-18(21-22-18)9-7-17(23)20-11-16-12(2)14-10-13(19)5-6-15(14)24-16/h1,5-6,10H,4,7-9,11H2,2H3,(H,20,23). The number of nitrogens with one attached hydrogen (secondary N) is 1. The first-order valence-electron chi connectivity index (χ1n) is 7.85. The van der Waals surface area contributed by atoms with E-state index >= 15 is 0 Å². The molecule has 1 aliphatic heterocycles. The first-order chi connectivity index (χ1) is 11.5. The number of rotatable bonds is 7. The third-order valence-electron chi connectivity index (χ3n) is 4.25. The van der Waals surface area contributed by atoms with Gasteiger partial charge in [-0.2, -0.15) is 10.2 Å². The fraction of sp³-hybridized carbons (Fsp3) is 0.389. The highest BCUT2D eigenvalue weighted by Gasteiger charge is 2.39. The number of aryl methyl sites for hydroxylation is 1. The highest BCUT2D eigenvalue weighted by atomic mass is 19.1. The van der Waals surface area contributed by atoms with Crippen molar-refractivity contribution in [1.29, 1.82) is 0 Å². The van der Waals surface area contributed by atoms with Crippen LogP contribution >= 0.6 is 0 Å². The van der Waals surface area contributed by atoms with E-state index in [1.54, 1.807) is 6.07 Å². The molecule has 1 amide bonds. The molecule has 0 fully saturated rings. The molecule has 1 aromatic carbocycles. The third-order valence-corrected chi connectivity index (χ3v) is 4.25. The maximum atomic E-state index is 13.3. The fourth-order valence-corrected chi connectivity index (χ4v) is 2.66. The van der Waals surface area contributed by atoms with Crippen molar-refractivity contribution in [3.63, 3.8) is 0 Å². The molecule has 0 spiro atoms. The third kappa shape index (κ3) is 3.46. The van der Waals surface area contributed by atoms with Gasteiger partial charge in [0.2, 0.25) is 5.91 Å². The highest BCUT2D eigenvalue weighted by Crippen LogP contribution is 2.37. The van der Waals surface area contributed by atoms with E-state index in [9.17, 15) is 9.18 Å². The minimum absolute atomic E-state index is 0.0987. The molecule has 0 bridgehead atoms. The van der Waals surface area contributed by atoms with E-state index in [4.69, 9.17) is 10.8 Å². The number of carbonyl (C=O) groups is 1. The Kier molecular flexibility index (Phi) is 4.34. The van der Waals surface area contributed by atoms with Crippen LogP contribution in [0.15, 0.2) is 32.8 Å². The molecule has 3 rings (SSSR count). The molecule has 6 heteroatoms. The summed E-state index contributed by atoms with van der Waals surface area (Å²) in [5.74, 6) is 2.78. The summed E-state index contributed by atoms with van der Waals surface area (Å²) in [4.78, 5) is 12.0. The predicted molar refractivity (Wildman–Crippen MR) is 87.6 cm³/mol. The van der Waals surface area contributed by atoms with Gasteiger partial charge in [-0.25, -0.2) is 4.39 Å². The Morgan fingerprint density at radius 1 is 1.42 bits per heavy atom. The van der Waals surface area contributed by atoms with Crippen LogP contribution in [0.3, 0.4) is 0 Å². The maximum absolute atomic E-state index is 13.3. The lowest BCUT2D eigenvalue weighted by atomic mass is 10.0. The Bertz CT molecular complexity index is 842. The van der Waals surface area contributed by atoms with E-state index in [0.29, 0.717) is 37.0 Å². The summed E-state index contributed by atoms with van der Waals surface area (Å²) in [5, 5.41) is 11.6. The summed E-state index contributed by atoms with van der Waals surface area (Å²) >= 11 is 0. The van der Waals surface area contributed by atoms with Crippen LogP contribution in [0.1, 0.15) is 37.0 Å². The van der Waals surface area contributed by atoms with Crippen LogP contribution in [0, 0.1) is 25.1 Å². The van der Waals surface area contributed by atoms with Crippen molar-refractivity contribution in [3.05, 3.63) is 35.3 Å².